The number of nitrogens with one attached hydrogen (secondary N) is 1. The number of nitrogens with zero attached hydrogens (tertiary/aromatic N) is 3. The molecule has 0 fully saturated rings. The lowest BCUT2D eigenvalue weighted by Crippen LogP contribution is -2.19. The maximum Gasteiger partial charge on any atom is 0.433 e. The van der Waals surface area contributed by atoms with E-state index in [-0.39, 0.29) is 17.9 Å². The molecule has 23 heavy (non-hydrogen) atoms. The van der Waals surface area contributed by atoms with Gasteiger partial charge in [0, 0.05) is 12.1 Å². The fourth-order valence-electron chi connectivity index (χ4n) is 1.68. The van der Waals surface area contributed by atoms with Crippen molar-refractivity contribution in [1.29, 1.82) is 0 Å². The minimum Gasteiger partial charge on any atom is -0.400 e. The van der Waals surface area contributed by atoms with Crippen LogP contribution in [-0.4, -0.2) is 22.0 Å². The Morgan fingerprint density at radius 2 is 2.00 bits per heavy atom. The van der Waals surface area contributed by atoms with Gasteiger partial charge in [-0.2, -0.15) is 5.10 Å². The molecule has 0 aliphatic rings. The molecule has 10 nitrogen and oxygen atoms in total. The predicted octanol–water partition coefficient (Wildman–Crippen LogP) is 1.79. The molecule has 0 atom stereocenters. The quantitative estimate of drug-likeness (QED) is 0.489. The highest BCUT2D eigenvalue weighted by Gasteiger charge is 2.11. The highest BCUT2D eigenvalue weighted by atomic mass is 16.6. The minimum absolute atomic E-state index is 0.0999. The topological polar surface area (TPSA) is 141 Å². The zero-order valence-corrected chi connectivity index (χ0v) is 11.5. The summed E-state index contributed by atoms with van der Waals surface area (Å²) in [4.78, 5) is 31.5. The summed E-state index contributed by atoms with van der Waals surface area (Å²) in [7, 11) is 0. The summed E-state index contributed by atoms with van der Waals surface area (Å²) >= 11 is 0. The molecule has 1 aromatic heterocycles. The SMILES string of the molecule is O=C(Cc1cccc([N+](=O)[O-])c1)N/N=C/c1ccc([N+](=O)[O-])o1. The van der Waals surface area contributed by atoms with Crippen molar-refractivity contribution in [1.82, 2.24) is 5.43 Å². The van der Waals surface area contributed by atoms with Crippen LogP contribution in [-0.2, 0) is 11.2 Å². The van der Waals surface area contributed by atoms with Crippen molar-refractivity contribution in [2.45, 2.75) is 6.42 Å². The van der Waals surface area contributed by atoms with Crippen LogP contribution in [0.3, 0.4) is 0 Å². The van der Waals surface area contributed by atoms with Gasteiger partial charge in [-0.1, -0.05) is 12.1 Å². The Labute approximate surface area is 128 Å². The number of furan rings is 1. The summed E-state index contributed by atoms with van der Waals surface area (Å²) in [5.74, 6) is -0.829. The van der Waals surface area contributed by atoms with E-state index in [4.69, 9.17) is 4.42 Å². The number of carbonyl (C=O) groups excluding carboxylic acids is 1. The summed E-state index contributed by atoms with van der Waals surface area (Å²) in [6.45, 7) is 0. The lowest BCUT2D eigenvalue weighted by molar-refractivity contribution is -0.402. The Morgan fingerprint density at radius 1 is 1.22 bits per heavy atom. The van der Waals surface area contributed by atoms with Gasteiger partial charge in [0.05, 0.1) is 23.6 Å². The van der Waals surface area contributed by atoms with Gasteiger partial charge >= 0.3 is 5.88 Å². The lowest BCUT2D eigenvalue weighted by Gasteiger charge is -2.00. The van der Waals surface area contributed by atoms with Crippen molar-refractivity contribution in [3.8, 4) is 0 Å². The molecule has 1 N–H and O–H groups in total. The van der Waals surface area contributed by atoms with Gasteiger partial charge in [-0.25, -0.2) is 5.43 Å². The van der Waals surface area contributed by atoms with Crippen molar-refractivity contribution >= 4 is 23.7 Å². The second-order valence-corrected chi connectivity index (χ2v) is 4.33. The molecule has 1 heterocycles. The molecule has 0 unspecified atom stereocenters. The summed E-state index contributed by atoms with van der Waals surface area (Å²) in [6, 6.07) is 8.15. The van der Waals surface area contributed by atoms with E-state index < -0.39 is 21.6 Å². The second-order valence-electron chi connectivity index (χ2n) is 4.33. The average molecular weight is 318 g/mol. The highest BCUT2D eigenvalue weighted by molar-refractivity contribution is 5.81. The molecule has 2 aromatic rings. The summed E-state index contributed by atoms with van der Waals surface area (Å²) in [6.07, 6.45) is 1.01. The van der Waals surface area contributed by atoms with Gasteiger partial charge in [-0.15, -0.1) is 0 Å². The number of hydrogen-bond donors (Lipinski definition) is 1. The summed E-state index contributed by atoms with van der Waals surface area (Å²) in [5, 5.41) is 24.7. The van der Waals surface area contributed by atoms with Gasteiger partial charge in [0.2, 0.25) is 5.91 Å². The van der Waals surface area contributed by atoms with E-state index in [1.165, 1.54) is 24.3 Å². The normalized spacial score (nSPS) is 10.6. The van der Waals surface area contributed by atoms with Crippen LogP contribution in [0, 0.1) is 20.2 Å². The van der Waals surface area contributed by atoms with Gasteiger partial charge in [0.15, 0.2) is 5.76 Å². The zero-order chi connectivity index (χ0) is 16.8. The fourth-order valence-corrected chi connectivity index (χ4v) is 1.68. The van der Waals surface area contributed by atoms with Crippen LogP contribution in [0.5, 0.6) is 0 Å². The molecule has 10 heteroatoms. The third kappa shape index (κ3) is 4.46. The Hall–Kier alpha value is -3.56. The van der Waals surface area contributed by atoms with Crippen molar-refractivity contribution in [3.05, 3.63) is 68.0 Å². The maximum atomic E-state index is 11.7. The van der Waals surface area contributed by atoms with Crippen LogP contribution in [0.4, 0.5) is 11.6 Å². The number of rotatable bonds is 6. The standard InChI is InChI=1S/C13H10N4O6/c18-12(7-9-2-1-3-10(6-9)16(19)20)15-14-8-11-4-5-13(23-11)17(21)22/h1-6,8H,7H2,(H,15,18)/b14-8+. The summed E-state index contributed by atoms with van der Waals surface area (Å²) < 4.78 is 4.81. The van der Waals surface area contributed by atoms with Gasteiger partial charge in [-0.05, 0) is 11.6 Å². The van der Waals surface area contributed by atoms with Crippen molar-refractivity contribution < 1.29 is 19.1 Å². The van der Waals surface area contributed by atoms with Crippen molar-refractivity contribution in [2.24, 2.45) is 5.10 Å². The third-order valence-corrected chi connectivity index (χ3v) is 2.66. The molecule has 0 aliphatic heterocycles. The van der Waals surface area contributed by atoms with Gasteiger partial charge in [-0.3, -0.25) is 25.0 Å². The van der Waals surface area contributed by atoms with Crippen LogP contribution < -0.4 is 5.43 Å². The Bertz CT molecular complexity index is 782. The molecule has 118 valence electrons. The van der Waals surface area contributed by atoms with E-state index in [0.29, 0.717) is 5.56 Å². The molecule has 0 radical (unpaired) electrons. The number of carbonyl (C=O) groups is 1. The van der Waals surface area contributed by atoms with Crippen LogP contribution in [0.15, 0.2) is 45.9 Å². The number of nitro groups is 2. The van der Waals surface area contributed by atoms with Crippen LogP contribution in [0.2, 0.25) is 0 Å². The number of benzene rings is 1. The van der Waals surface area contributed by atoms with Gasteiger partial charge in [0.1, 0.15) is 4.92 Å². The third-order valence-electron chi connectivity index (χ3n) is 2.66. The van der Waals surface area contributed by atoms with E-state index >= 15 is 0 Å². The first-order chi connectivity index (χ1) is 11.0. The molecule has 1 amide bonds. The molecule has 2 rings (SSSR count). The smallest absolute Gasteiger partial charge is 0.400 e. The zero-order valence-electron chi connectivity index (χ0n) is 11.5. The Kier molecular flexibility index (Phi) is 4.77. The number of non-ortho nitro benzene ring substituents is 1. The predicted molar refractivity (Wildman–Crippen MR) is 77.9 cm³/mol. The number of hydrogen-bond acceptors (Lipinski definition) is 7. The van der Waals surface area contributed by atoms with E-state index in [2.05, 4.69) is 10.5 Å². The first kappa shape index (κ1) is 15.8. The molecule has 1 aromatic carbocycles. The maximum absolute atomic E-state index is 11.7. The first-order valence-corrected chi connectivity index (χ1v) is 6.25. The number of amides is 1. The monoisotopic (exact) mass is 318 g/mol. The first-order valence-electron chi connectivity index (χ1n) is 6.25. The molecule has 0 spiro atoms. The number of nitro benzene ring substituents is 1. The molecular formula is C13H10N4O6. The van der Waals surface area contributed by atoms with E-state index in [1.807, 2.05) is 0 Å². The van der Waals surface area contributed by atoms with Crippen LogP contribution in [0.25, 0.3) is 0 Å². The minimum atomic E-state index is -0.696. The Morgan fingerprint density at radius 3 is 2.65 bits per heavy atom. The van der Waals surface area contributed by atoms with Crippen molar-refractivity contribution in [2.75, 3.05) is 0 Å². The fraction of sp³-hybridized carbons (Fsp3) is 0.0769. The molecule has 0 aliphatic carbocycles. The average Bonchev–Trinajstić information content (AvgIpc) is 2.96. The molecular weight excluding hydrogens is 308 g/mol. The highest BCUT2D eigenvalue weighted by Crippen LogP contribution is 2.14. The largest absolute Gasteiger partial charge is 0.433 e. The molecule has 0 saturated heterocycles. The number of hydrazone groups is 1. The molecule has 0 bridgehead atoms. The van der Waals surface area contributed by atoms with Crippen LogP contribution in [0.1, 0.15) is 11.3 Å². The Balaban J connectivity index is 1.91. The van der Waals surface area contributed by atoms with Crippen LogP contribution >= 0.6 is 0 Å². The van der Waals surface area contributed by atoms with E-state index in [0.717, 1.165) is 12.3 Å². The summed E-state index contributed by atoms with van der Waals surface area (Å²) in [5.41, 5.74) is 2.55. The van der Waals surface area contributed by atoms with Gasteiger partial charge in [0.25, 0.3) is 5.69 Å². The van der Waals surface area contributed by atoms with Gasteiger partial charge < -0.3 is 4.42 Å². The molecule has 0 saturated carbocycles. The van der Waals surface area contributed by atoms with E-state index in [1.54, 1.807) is 6.07 Å². The second kappa shape index (κ2) is 6.93. The lowest BCUT2D eigenvalue weighted by atomic mass is 10.1. The van der Waals surface area contributed by atoms with Crippen molar-refractivity contribution in [3.63, 3.8) is 0 Å². The van der Waals surface area contributed by atoms with E-state index in [9.17, 15) is 25.0 Å².